The topological polar surface area (TPSA) is 84.9 Å². The molecule has 0 unspecified atom stereocenters. The van der Waals surface area contributed by atoms with Crippen molar-refractivity contribution in [3.05, 3.63) is 53.1 Å². The van der Waals surface area contributed by atoms with Gasteiger partial charge in [-0.15, -0.1) is 0 Å². The summed E-state index contributed by atoms with van der Waals surface area (Å²) < 4.78 is 36.5. The van der Waals surface area contributed by atoms with Crippen LogP contribution in [0.4, 0.5) is 5.69 Å². The van der Waals surface area contributed by atoms with Crippen LogP contribution in [0.25, 0.3) is 0 Å². The predicted octanol–water partition coefficient (Wildman–Crippen LogP) is 3.35. The zero-order valence-corrected chi connectivity index (χ0v) is 19.2. The Kier molecular flexibility index (Phi) is 7.72. The lowest BCUT2D eigenvalue weighted by atomic mass is 10.0. The van der Waals surface area contributed by atoms with Gasteiger partial charge in [0.15, 0.2) is 11.5 Å². The number of hydrogen-bond donors (Lipinski definition) is 1. The average Bonchev–Trinajstić information content (AvgIpc) is 2.68. The van der Waals surface area contributed by atoms with Crippen molar-refractivity contribution in [3.63, 3.8) is 0 Å². The van der Waals surface area contributed by atoms with Gasteiger partial charge in [-0.05, 0) is 61.2 Å². The second-order valence-electron chi connectivity index (χ2n) is 7.26. The monoisotopic (exact) mass is 434 g/mol. The van der Waals surface area contributed by atoms with Crippen molar-refractivity contribution in [1.82, 2.24) is 5.32 Å². The molecule has 0 radical (unpaired) electrons. The van der Waals surface area contributed by atoms with E-state index in [9.17, 15) is 13.2 Å². The summed E-state index contributed by atoms with van der Waals surface area (Å²) in [6, 6.07) is 10.6. The second kappa shape index (κ2) is 9.84. The summed E-state index contributed by atoms with van der Waals surface area (Å²) in [6.07, 6.45) is 1.73. The van der Waals surface area contributed by atoms with Gasteiger partial charge in [-0.2, -0.15) is 0 Å². The summed E-state index contributed by atoms with van der Waals surface area (Å²) in [5.41, 5.74) is 3.18. The van der Waals surface area contributed by atoms with Gasteiger partial charge >= 0.3 is 0 Å². The van der Waals surface area contributed by atoms with E-state index in [0.29, 0.717) is 23.6 Å². The molecular weight excluding hydrogens is 404 g/mol. The van der Waals surface area contributed by atoms with Crippen molar-refractivity contribution in [3.8, 4) is 11.5 Å². The van der Waals surface area contributed by atoms with Gasteiger partial charge in [0.25, 0.3) is 0 Å². The van der Waals surface area contributed by atoms with Crippen LogP contribution in [0.2, 0.25) is 0 Å². The Balaban J connectivity index is 2.25. The fourth-order valence-electron chi connectivity index (χ4n) is 3.36. The Morgan fingerprint density at radius 3 is 2.13 bits per heavy atom. The lowest BCUT2D eigenvalue weighted by Crippen LogP contribution is -2.41. The molecule has 2 aromatic carbocycles. The average molecular weight is 435 g/mol. The number of carbonyl (C=O) groups is 1. The van der Waals surface area contributed by atoms with Crippen LogP contribution < -0.4 is 19.1 Å². The molecule has 2 aromatic rings. The number of sulfonamides is 1. The van der Waals surface area contributed by atoms with Crippen molar-refractivity contribution >= 4 is 21.6 Å². The highest BCUT2D eigenvalue weighted by molar-refractivity contribution is 7.92. The maximum atomic E-state index is 12.8. The standard InChI is InChI=1S/C22H30N2O5S/c1-7-19(17-8-9-20(28-4)21(13-17)29-5)23-22(25)14-24(30(6,26)27)18-11-15(2)10-16(3)12-18/h8-13,19H,7,14H2,1-6H3,(H,23,25)/t19-/m1/s1. The molecular formula is C22H30N2O5S. The first kappa shape index (κ1) is 23.5. The number of amides is 1. The molecule has 0 saturated heterocycles. The van der Waals surface area contributed by atoms with Crippen LogP contribution in [0.1, 0.15) is 36.1 Å². The Morgan fingerprint density at radius 2 is 1.63 bits per heavy atom. The molecule has 8 heteroatoms. The number of carbonyl (C=O) groups excluding carboxylic acids is 1. The Bertz CT molecular complexity index is 984. The van der Waals surface area contributed by atoms with Crippen LogP contribution in [0.5, 0.6) is 11.5 Å². The van der Waals surface area contributed by atoms with Crippen LogP contribution in [-0.2, 0) is 14.8 Å². The number of methoxy groups -OCH3 is 2. The first-order valence-corrected chi connectivity index (χ1v) is 11.5. The zero-order chi connectivity index (χ0) is 22.5. The molecule has 0 bridgehead atoms. The third-order valence-electron chi connectivity index (χ3n) is 4.74. The smallest absolute Gasteiger partial charge is 0.241 e. The molecule has 0 aliphatic heterocycles. The molecule has 0 aliphatic rings. The van der Waals surface area contributed by atoms with E-state index < -0.39 is 10.0 Å². The third-order valence-corrected chi connectivity index (χ3v) is 5.88. The Hall–Kier alpha value is -2.74. The number of hydrogen-bond acceptors (Lipinski definition) is 5. The SMILES string of the molecule is CC[C@@H](NC(=O)CN(c1cc(C)cc(C)c1)S(C)(=O)=O)c1ccc(OC)c(OC)c1. The van der Waals surface area contributed by atoms with E-state index in [1.807, 2.05) is 39.0 Å². The number of rotatable bonds is 9. The minimum Gasteiger partial charge on any atom is -0.493 e. The molecule has 0 spiro atoms. The minimum atomic E-state index is -3.64. The summed E-state index contributed by atoms with van der Waals surface area (Å²) in [6.45, 7) is 5.42. The number of nitrogens with one attached hydrogen (secondary N) is 1. The van der Waals surface area contributed by atoms with E-state index in [1.165, 1.54) is 0 Å². The molecule has 2 rings (SSSR count). The van der Waals surface area contributed by atoms with Gasteiger partial charge in [-0.1, -0.05) is 19.1 Å². The van der Waals surface area contributed by atoms with Crippen molar-refractivity contribution in [1.29, 1.82) is 0 Å². The van der Waals surface area contributed by atoms with Crippen LogP contribution in [0.3, 0.4) is 0 Å². The predicted molar refractivity (Wildman–Crippen MR) is 119 cm³/mol. The summed E-state index contributed by atoms with van der Waals surface area (Å²) in [4.78, 5) is 12.8. The molecule has 1 amide bonds. The van der Waals surface area contributed by atoms with Gasteiger partial charge in [0.05, 0.1) is 32.2 Å². The minimum absolute atomic E-state index is 0.294. The molecule has 0 aliphatic carbocycles. The molecule has 164 valence electrons. The van der Waals surface area contributed by atoms with Crippen molar-refractivity contribution in [2.75, 3.05) is 31.3 Å². The molecule has 0 aromatic heterocycles. The number of nitrogens with zero attached hydrogens (tertiary/aromatic N) is 1. The summed E-state index contributed by atoms with van der Waals surface area (Å²) in [7, 11) is -0.528. The number of aryl methyl sites for hydroxylation is 2. The first-order valence-electron chi connectivity index (χ1n) is 9.66. The van der Waals surface area contributed by atoms with Crippen molar-refractivity contribution in [2.45, 2.75) is 33.2 Å². The van der Waals surface area contributed by atoms with E-state index in [4.69, 9.17) is 9.47 Å². The van der Waals surface area contributed by atoms with Crippen LogP contribution in [-0.4, -0.2) is 41.3 Å². The maximum Gasteiger partial charge on any atom is 0.241 e. The summed E-state index contributed by atoms with van der Waals surface area (Å²) in [5.74, 6) is 0.775. The van der Waals surface area contributed by atoms with E-state index >= 15 is 0 Å². The largest absolute Gasteiger partial charge is 0.493 e. The van der Waals surface area contributed by atoms with Crippen LogP contribution in [0.15, 0.2) is 36.4 Å². The normalized spacial score (nSPS) is 12.2. The van der Waals surface area contributed by atoms with Crippen molar-refractivity contribution < 1.29 is 22.7 Å². The third kappa shape index (κ3) is 5.89. The number of anilines is 1. The molecule has 0 fully saturated rings. The van der Waals surface area contributed by atoms with Gasteiger partial charge in [0.1, 0.15) is 6.54 Å². The molecule has 1 N–H and O–H groups in total. The highest BCUT2D eigenvalue weighted by Crippen LogP contribution is 2.31. The van der Waals surface area contributed by atoms with Gasteiger partial charge in [-0.25, -0.2) is 8.42 Å². The molecule has 0 heterocycles. The molecule has 30 heavy (non-hydrogen) atoms. The van der Waals surface area contributed by atoms with E-state index in [1.54, 1.807) is 32.4 Å². The number of benzene rings is 2. The molecule has 7 nitrogen and oxygen atoms in total. The highest BCUT2D eigenvalue weighted by Gasteiger charge is 2.23. The zero-order valence-electron chi connectivity index (χ0n) is 18.4. The Labute approximate surface area is 179 Å². The summed E-state index contributed by atoms with van der Waals surface area (Å²) in [5, 5.41) is 2.93. The highest BCUT2D eigenvalue weighted by atomic mass is 32.2. The van der Waals surface area contributed by atoms with Crippen LogP contribution >= 0.6 is 0 Å². The first-order chi connectivity index (χ1) is 14.1. The fraction of sp³-hybridized carbons (Fsp3) is 0.409. The molecule has 1 atom stereocenters. The fourth-order valence-corrected chi connectivity index (χ4v) is 4.20. The summed E-state index contributed by atoms with van der Waals surface area (Å²) >= 11 is 0. The lowest BCUT2D eigenvalue weighted by molar-refractivity contribution is -0.120. The second-order valence-corrected chi connectivity index (χ2v) is 9.17. The van der Waals surface area contributed by atoms with Crippen LogP contribution in [0, 0.1) is 13.8 Å². The van der Waals surface area contributed by atoms with Gasteiger partial charge in [-0.3, -0.25) is 9.10 Å². The van der Waals surface area contributed by atoms with Gasteiger partial charge in [0, 0.05) is 0 Å². The van der Waals surface area contributed by atoms with E-state index in [-0.39, 0.29) is 18.5 Å². The Morgan fingerprint density at radius 1 is 1.03 bits per heavy atom. The number of ether oxygens (including phenoxy) is 2. The van der Waals surface area contributed by atoms with Gasteiger partial charge < -0.3 is 14.8 Å². The van der Waals surface area contributed by atoms with E-state index in [0.717, 1.165) is 27.3 Å². The molecule has 0 saturated carbocycles. The van der Waals surface area contributed by atoms with E-state index in [2.05, 4.69) is 5.32 Å². The van der Waals surface area contributed by atoms with Crippen molar-refractivity contribution in [2.24, 2.45) is 0 Å². The quantitative estimate of drug-likeness (QED) is 0.654. The van der Waals surface area contributed by atoms with Gasteiger partial charge in [0.2, 0.25) is 15.9 Å². The lowest BCUT2D eigenvalue weighted by Gasteiger charge is -2.25. The maximum absolute atomic E-state index is 12.8.